The van der Waals surface area contributed by atoms with E-state index in [0.29, 0.717) is 0 Å². The van der Waals surface area contributed by atoms with Crippen LogP contribution in [0.3, 0.4) is 0 Å². The minimum Gasteiger partial charge on any atom is -0.310 e. The van der Waals surface area contributed by atoms with Crippen LogP contribution in [0, 0.1) is 0 Å². The molecule has 8 aromatic carbocycles. The summed E-state index contributed by atoms with van der Waals surface area (Å²) in [5.74, 6) is 0. The van der Waals surface area contributed by atoms with Crippen LogP contribution >= 0.6 is 23.4 Å². The van der Waals surface area contributed by atoms with Crippen LogP contribution < -0.4 is 21.3 Å². The first kappa shape index (κ1) is 31.0. The summed E-state index contributed by atoms with van der Waals surface area (Å²) in [6.45, 7) is 0.0150. The summed E-state index contributed by atoms with van der Waals surface area (Å²) in [5.41, 5.74) is 16.9. The second kappa shape index (κ2) is 12.8. The Morgan fingerprint density at radius 1 is 0.404 bits per heavy atom. The molecule has 0 saturated heterocycles. The maximum Gasteiger partial charge on any atom is 0.249 e. The van der Waals surface area contributed by atoms with Crippen molar-refractivity contribution >= 4 is 63.5 Å². The van der Waals surface area contributed by atoms with E-state index in [9.17, 15) is 0 Å². The predicted octanol–water partition coefficient (Wildman–Crippen LogP) is 11.8. The molecule has 4 heteroatoms. The summed E-state index contributed by atoms with van der Waals surface area (Å²) in [6.07, 6.45) is 0. The van der Waals surface area contributed by atoms with E-state index in [0.717, 1.165) is 22.1 Å². The standard InChI is InChI=1S/C48H31BClNS/c50-38-30-44-47-46(31-38)52-45-27-25-37(33-16-7-2-8-17-33)29-42(45)49(47)41-28-36(32-14-5-1-6-15-32)24-26-43(41)51(44)48-39(34-18-9-3-10-19-34)22-13-23-40(48)35-20-11-4-12-21-35/h1-31H. The lowest BCUT2D eigenvalue weighted by Gasteiger charge is -2.42. The van der Waals surface area contributed by atoms with Gasteiger partial charge in [-0.1, -0.05) is 193 Å². The SMILES string of the molecule is Clc1cc2c3c(c1)N(c1c(-c4ccccc4)cccc1-c1ccccc1)c1ccc(-c4ccccc4)cc1B3c1cc(-c3ccccc3)ccc1S2. The van der Waals surface area contributed by atoms with Gasteiger partial charge < -0.3 is 4.90 Å². The first-order valence-electron chi connectivity index (χ1n) is 17.7. The third-order valence-corrected chi connectivity index (χ3v) is 11.7. The van der Waals surface area contributed by atoms with Crippen LogP contribution in [0.1, 0.15) is 0 Å². The third kappa shape index (κ3) is 5.20. The predicted molar refractivity (Wildman–Crippen MR) is 223 cm³/mol. The number of nitrogens with zero attached hydrogens (tertiary/aromatic N) is 1. The van der Waals surface area contributed by atoms with Crippen LogP contribution in [-0.4, -0.2) is 6.71 Å². The molecule has 10 rings (SSSR count). The molecule has 244 valence electrons. The fraction of sp³-hybridized carbons (Fsp3) is 0. The number of anilines is 3. The van der Waals surface area contributed by atoms with Gasteiger partial charge in [0.05, 0.1) is 5.69 Å². The quantitative estimate of drug-likeness (QED) is 0.165. The number of hydrogen-bond donors (Lipinski definition) is 0. The highest BCUT2D eigenvalue weighted by Gasteiger charge is 2.42. The summed E-state index contributed by atoms with van der Waals surface area (Å²) in [5, 5.41) is 0.733. The van der Waals surface area contributed by atoms with Gasteiger partial charge >= 0.3 is 0 Å². The maximum absolute atomic E-state index is 7.12. The van der Waals surface area contributed by atoms with Crippen molar-refractivity contribution in [1.82, 2.24) is 0 Å². The zero-order valence-corrected chi connectivity index (χ0v) is 29.8. The molecule has 0 atom stereocenters. The number of halogens is 1. The average molecular weight is 700 g/mol. The summed E-state index contributed by atoms with van der Waals surface area (Å²) in [6, 6.07) is 68.1. The fourth-order valence-electron chi connectivity index (χ4n) is 8.07. The molecule has 0 aromatic heterocycles. The Kier molecular flexibility index (Phi) is 7.64. The van der Waals surface area contributed by atoms with Gasteiger partial charge in [-0.05, 0) is 68.6 Å². The second-order valence-electron chi connectivity index (χ2n) is 13.4. The lowest BCUT2D eigenvalue weighted by Crippen LogP contribution is -2.60. The molecule has 0 bridgehead atoms. The van der Waals surface area contributed by atoms with E-state index in [1.807, 2.05) is 11.8 Å². The molecule has 2 aliphatic heterocycles. The molecule has 0 N–H and O–H groups in total. The molecule has 2 heterocycles. The molecule has 0 unspecified atom stereocenters. The number of hydrogen-bond acceptors (Lipinski definition) is 2. The number of fused-ring (bicyclic) bond motifs is 4. The molecule has 0 spiro atoms. The van der Waals surface area contributed by atoms with Gasteiger partial charge in [0, 0.05) is 37.3 Å². The topological polar surface area (TPSA) is 3.24 Å². The van der Waals surface area contributed by atoms with Crippen molar-refractivity contribution in [3.05, 3.63) is 193 Å². The Morgan fingerprint density at radius 3 is 1.50 bits per heavy atom. The zero-order chi connectivity index (χ0) is 34.6. The van der Waals surface area contributed by atoms with Crippen molar-refractivity contribution in [2.45, 2.75) is 9.79 Å². The zero-order valence-electron chi connectivity index (χ0n) is 28.2. The normalized spacial score (nSPS) is 12.6. The van der Waals surface area contributed by atoms with Crippen LogP contribution in [0.25, 0.3) is 44.5 Å². The molecule has 1 nitrogen and oxygen atoms in total. The van der Waals surface area contributed by atoms with Crippen molar-refractivity contribution in [2.24, 2.45) is 0 Å². The van der Waals surface area contributed by atoms with Gasteiger partial charge in [0.15, 0.2) is 0 Å². The third-order valence-electron chi connectivity index (χ3n) is 10.4. The van der Waals surface area contributed by atoms with Crippen molar-refractivity contribution in [2.75, 3.05) is 4.90 Å². The van der Waals surface area contributed by atoms with Gasteiger partial charge in [-0.25, -0.2) is 0 Å². The van der Waals surface area contributed by atoms with E-state index < -0.39 is 0 Å². The summed E-state index contributed by atoms with van der Waals surface area (Å²) >= 11 is 8.95. The molecule has 2 aliphatic rings. The molecule has 0 saturated carbocycles. The van der Waals surface area contributed by atoms with E-state index >= 15 is 0 Å². The molecule has 8 aromatic rings. The highest BCUT2D eigenvalue weighted by molar-refractivity contribution is 8.00. The number of para-hydroxylation sites is 1. The van der Waals surface area contributed by atoms with E-state index in [2.05, 4.69) is 193 Å². The lowest BCUT2D eigenvalue weighted by molar-refractivity contribution is 1.27. The van der Waals surface area contributed by atoms with E-state index in [1.165, 1.54) is 70.7 Å². The van der Waals surface area contributed by atoms with Crippen molar-refractivity contribution in [1.29, 1.82) is 0 Å². The average Bonchev–Trinajstić information content (AvgIpc) is 3.21. The minimum atomic E-state index is 0.0150. The van der Waals surface area contributed by atoms with Gasteiger partial charge in [-0.2, -0.15) is 0 Å². The highest BCUT2D eigenvalue weighted by atomic mass is 35.5. The molecular weight excluding hydrogens is 669 g/mol. The van der Waals surface area contributed by atoms with E-state index in [4.69, 9.17) is 11.6 Å². The Hall–Kier alpha value is -5.74. The summed E-state index contributed by atoms with van der Waals surface area (Å²) < 4.78 is 0. The van der Waals surface area contributed by atoms with Crippen molar-refractivity contribution in [3.63, 3.8) is 0 Å². The lowest BCUT2D eigenvalue weighted by atomic mass is 9.34. The molecule has 0 radical (unpaired) electrons. The summed E-state index contributed by atoms with van der Waals surface area (Å²) in [4.78, 5) is 4.97. The van der Waals surface area contributed by atoms with Crippen LogP contribution in [-0.2, 0) is 0 Å². The Balaban J connectivity index is 1.30. The van der Waals surface area contributed by atoms with Crippen LogP contribution in [0.4, 0.5) is 17.1 Å². The minimum absolute atomic E-state index is 0.0150. The Morgan fingerprint density at radius 2 is 0.923 bits per heavy atom. The van der Waals surface area contributed by atoms with E-state index in [1.54, 1.807) is 0 Å². The Bertz CT molecular complexity index is 2550. The van der Waals surface area contributed by atoms with Gasteiger partial charge in [-0.3, -0.25) is 0 Å². The second-order valence-corrected chi connectivity index (χ2v) is 14.9. The van der Waals surface area contributed by atoms with Crippen molar-refractivity contribution < 1.29 is 0 Å². The van der Waals surface area contributed by atoms with Crippen LogP contribution in [0.5, 0.6) is 0 Å². The monoisotopic (exact) mass is 699 g/mol. The van der Waals surface area contributed by atoms with Crippen molar-refractivity contribution in [3.8, 4) is 44.5 Å². The first-order valence-corrected chi connectivity index (χ1v) is 18.8. The van der Waals surface area contributed by atoms with Gasteiger partial charge in [0.25, 0.3) is 0 Å². The van der Waals surface area contributed by atoms with E-state index in [-0.39, 0.29) is 6.71 Å². The first-order chi connectivity index (χ1) is 25.7. The number of rotatable bonds is 5. The largest absolute Gasteiger partial charge is 0.310 e. The van der Waals surface area contributed by atoms with Gasteiger partial charge in [0.2, 0.25) is 6.71 Å². The smallest absolute Gasteiger partial charge is 0.249 e. The molecule has 52 heavy (non-hydrogen) atoms. The molecule has 0 amide bonds. The van der Waals surface area contributed by atoms with Crippen LogP contribution in [0.15, 0.2) is 198 Å². The number of benzene rings is 8. The van der Waals surface area contributed by atoms with Gasteiger partial charge in [0.1, 0.15) is 0 Å². The van der Waals surface area contributed by atoms with Crippen LogP contribution in [0.2, 0.25) is 5.02 Å². The summed E-state index contributed by atoms with van der Waals surface area (Å²) in [7, 11) is 0. The highest BCUT2D eigenvalue weighted by Crippen LogP contribution is 2.49. The molecule has 0 fully saturated rings. The Labute approximate surface area is 314 Å². The molecule has 0 aliphatic carbocycles. The molecular formula is C48H31BClNS. The van der Waals surface area contributed by atoms with Gasteiger partial charge in [-0.15, -0.1) is 0 Å². The fourth-order valence-corrected chi connectivity index (χ4v) is 9.53. The maximum atomic E-state index is 7.12.